The summed E-state index contributed by atoms with van der Waals surface area (Å²) < 4.78 is 5.51. The highest BCUT2D eigenvalue weighted by Crippen LogP contribution is 2.16. The lowest BCUT2D eigenvalue weighted by molar-refractivity contribution is -0.137. The number of benzene rings is 2. The third kappa shape index (κ3) is 5.47. The molecule has 3 rings (SSSR count). The molecule has 0 atom stereocenters. The number of hydrogen-bond donors (Lipinski definition) is 1. The van der Waals surface area contributed by atoms with Gasteiger partial charge in [0.25, 0.3) is 0 Å². The van der Waals surface area contributed by atoms with E-state index in [0.29, 0.717) is 37.8 Å². The van der Waals surface area contributed by atoms with Crippen LogP contribution in [0.2, 0.25) is 5.02 Å². The zero-order valence-electron chi connectivity index (χ0n) is 15.9. The van der Waals surface area contributed by atoms with E-state index in [4.69, 9.17) is 16.3 Å². The van der Waals surface area contributed by atoms with Gasteiger partial charge in [-0.3, -0.25) is 4.79 Å². The lowest BCUT2D eigenvalue weighted by Gasteiger charge is -2.34. The van der Waals surface area contributed by atoms with Crippen molar-refractivity contribution >= 4 is 29.2 Å². The highest BCUT2D eigenvalue weighted by molar-refractivity contribution is 6.31. The summed E-state index contributed by atoms with van der Waals surface area (Å²) in [5.74, 6) is -0.0780. The molecular formula is C21H24ClN3O3. The van der Waals surface area contributed by atoms with E-state index in [9.17, 15) is 9.59 Å². The second kappa shape index (κ2) is 9.57. The van der Waals surface area contributed by atoms with E-state index >= 15 is 0 Å². The lowest BCUT2D eigenvalue weighted by atomic mass is 10.2. The van der Waals surface area contributed by atoms with Gasteiger partial charge < -0.3 is 19.9 Å². The van der Waals surface area contributed by atoms with E-state index in [-0.39, 0.29) is 18.5 Å². The molecule has 0 aromatic heterocycles. The first-order valence-electron chi connectivity index (χ1n) is 9.24. The predicted molar refractivity (Wildman–Crippen MR) is 109 cm³/mol. The molecule has 0 saturated carbocycles. The number of amides is 3. The molecule has 2 aromatic carbocycles. The van der Waals surface area contributed by atoms with Crippen molar-refractivity contribution in [3.05, 3.63) is 64.7 Å². The number of anilines is 1. The first kappa shape index (κ1) is 20.2. The Morgan fingerprint density at radius 3 is 2.46 bits per heavy atom. The van der Waals surface area contributed by atoms with Crippen LogP contribution in [0.15, 0.2) is 48.5 Å². The zero-order valence-corrected chi connectivity index (χ0v) is 16.6. The van der Waals surface area contributed by atoms with Crippen LogP contribution < -0.4 is 5.32 Å². The monoisotopic (exact) mass is 401 g/mol. The largest absolute Gasteiger partial charge is 0.367 e. The topological polar surface area (TPSA) is 61.9 Å². The maximum absolute atomic E-state index is 12.4. The molecule has 3 amide bonds. The van der Waals surface area contributed by atoms with Crippen molar-refractivity contribution in [1.82, 2.24) is 9.80 Å². The van der Waals surface area contributed by atoms with Crippen LogP contribution in [0.4, 0.5) is 10.5 Å². The van der Waals surface area contributed by atoms with Gasteiger partial charge in [-0.15, -0.1) is 0 Å². The molecule has 0 spiro atoms. The molecule has 0 radical (unpaired) electrons. The molecule has 6 nitrogen and oxygen atoms in total. The predicted octanol–water partition coefficient (Wildman–Crippen LogP) is 3.54. The molecule has 0 bridgehead atoms. The number of aryl methyl sites for hydroxylation is 1. The molecule has 1 N–H and O–H groups in total. The highest BCUT2D eigenvalue weighted by Gasteiger charge is 2.24. The third-order valence-corrected chi connectivity index (χ3v) is 5.00. The van der Waals surface area contributed by atoms with Crippen LogP contribution >= 0.6 is 11.6 Å². The van der Waals surface area contributed by atoms with Crippen molar-refractivity contribution in [2.45, 2.75) is 13.5 Å². The fraction of sp³-hybridized carbons (Fsp3) is 0.333. The van der Waals surface area contributed by atoms with Crippen LogP contribution in [0.3, 0.4) is 0 Å². The Morgan fingerprint density at radius 1 is 1.04 bits per heavy atom. The molecule has 1 heterocycles. The van der Waals surface area contributed by atoms with Crippen LogP contribution in [0.1, 0.15) is 11.1 Å². The minimum absolute atomic E-state index is 0.000706. The average Bonchev–Trinajstić information content (AvgIpc) is 2.69. The summed E-state index contributed by atoms with van der Waals surface area (Å²) in [6, 6.07) is 14.9. The van der Waals surface area contributed by atoms with Crippen molar-refractivity contribution in [2.75, 3.05) is 38.1 Å². The average molecular weight is 402 g/mol. The van der Waals surface area contributed by atoms with Crippen LogP contribution in [-0.2, 0) is 16.1 Å². The molecule has 148 valence electrons. The lowest BCUT2D eigenvalue weighted by Crippen LogP contribution is -2.52. The molecule has 0 aliphatic carbocycles. The maximum Gasteiger partial charge on any atom is 0.321 e. The number of nitrogens with zero attached hydrogens (tertiary/aromatic N) is 2. The van der Waals surface area contributed by atoms with E-state index in [2.05, 4.69) is 5.32 Å². The van der Waals surface area contributed by atoms with Crippen LogP contribution in [-0.4, -0.2) is 54.5 Å². The van der Waals surface area contributed by atoms with Gasteiger partial charge in [-0.1, -0.05) is 41.9 Å². The van der Waals surface area contributed by atoms with E-state index in [1.54, 1.807) is 15.9 Å². The number of carbonyl (C=O) groups excluding carboxylic acids is 2. The number of urea groups is 1. The first-order valence-corrected chi connectivity index (χ1v) is 9.62. The number of piperazine rings is 1. The molecule has 0 unspecified atom stereocenters. The third-order valence-electron chi connectivity index (χ3n) is 4.63. The summed E-state index contributed by atoms with van der Waals surface area (Å²) in [5, 5.41) is 3.53. The maximum atomic E-state index is 12.4. The Hall–Kier alpha value is -2.57. The van der Waals surface area contributed by atoms with E-state index in [1.807, 2.05) is 49.4 Å². The minimum atomic E-state index is -0.146. The van der Waals surface area contributed by atoms with Gasteiger partial charge >= 0.3 is 6.03 Å². The van der Waals surface area contributed by atoms with Gasteiger partial charge in [-0.05, 0) is 36.2 Å². The number of halogens is 1. The molecule has 1 aliphatic rings. The van der Waals surface area contributed by atoms with Gasteiger partial charge in [0.05, 0.1) is 6.61 Å². The highest BCUT2D eigenvalue weighted by atomic mass is 35.5. The number of nitrogens with one attached hydrogen (secondary N) is 1. The number of ether oxygens (including phenoxy) is 1. The fourth-order valence-corrected chi connectivity index (χ4v) is 3.23. The number of carbonyl (C=O) groups is 2. The smallest absolute Gasteiger partial charge is 0.321 e. The Labute approximate surface area is 170 Å². The van der Waals surface area contributed by atoms with Crippen LogP contribution in [0, 0.1) is 6.92 Å². The van der Waals surface area contributed by atoms with Crippen molar-refractivity contribution in [3.8, 4) is 0 Å². The van der Waals surface area contributed by atoms with Crippen molar-refractivity contribution in [2.24, 2.45) is 0 Å². The van der Waals surface area contributed by atoms with Crippen LogP contribution in [0.5, 0.6) is 0 Å². The second-order valence-electron chi connectivity index (χ2n) is 6.75. The van der Waals surface area contributed by atoms with Crippen molar-refractivity contribution in [1.29, 1.82) is 0 Å². The Morgan fingerprint density at radius 2 is 1.75 bits per heavy atom. The SMILES string of the molecule is Cc1cccc(NC(=O)N2CCN(C(=O)COCc3ccccc3Cl)CC2)c1. The van der Waals surface area contributed by atoms with E-state index in [0.717, 1.165) is 16.8 Å². The fourth-order valence-electron chi connectivity index (χ4n) is 3.04. The Bertz CT molecular complexity index is 835. The molecule has 1 aliphatic heterocycles. The molecule has 28 heavy (non-hydrogen) atoms. The summed E-state index contributed by atoms with van der Waals surface area (Å²) >= 11 is 6.08. The van der Waals surface area contributed by atoms with Gasteiger partial charge in [0.1, 0.15) is 6.61 Å². The Kier molecular flexibility index (Phi) is 6.90. The summed E-state index contributed by atoms with van der Waals surface area (Å²) in [5.41, 5.74) is 2.72. The zero-order chi connectivity index (χ0) is 19.9. The van der Waals surface area contributed by atoms with Gasteiger partial charge in [-0.25, -0.2) is 4.79 Å². The summed E-state index contributed by atoms with van der Waals surface area (Å²) in [4.78, 5) is 28.2. The van der Waals surface area contributed by atoms with E-state index < -0.39 is 0 Å². The van der Waals surface area contributed by atoms with Gasteiger partial charge in [0.15, 0.2) is 0 Å². The minimum Gasteiger partial charge on any atom is -0.367 e. The summed E-state index contributed by atoms with van der Waals surface area (Å²) in [6.45, 7) is 4.26. The first-order chi connectivity index (χ1) is 13.5. The van der Waals surface area contributed by atoms with Crippen molar-refractivity contribution in [3.63, 3.8) is 0 Å². The molecule has 1 saturated heterocycles. The van der Waals surface area contributed by atoms with Gasteiger partial charge in [0.2, 0.25) is 5.91 Å². The Balaban J connectivity index is 1.41. The molecule has 1 fully saturated rings. The number of rotatable bonds is 5. The summed E-state index contributed by atoms with van der Waals surface area (Å²) in [7, 11) is 0. The molecular weight excluding hydrogens is 378 g/mol. The van der Waals surface area contributed by atoms with Gasteiger partial charge in [0, 0.05) is 36.9 Å². The molecule has 7 heteroatoms. The normalized spacial score (nSPS) is 14.1. The molecule has 2 aromatic rings. The van der Waals surface area contributed by atoms with Crippen molar-refractivity contribution < 1.29 is 14.3 Å². The summed E-state index contributed by atoms with van der Waals surface area (Å²) in [6.07, 6.45) is 0. The quantitative estimate of drug-likeness (QED) is 0.833. The second-order valence-corrected chi connectivity index (χ2v) is 7.16. The van der Waals surface area contributed by atoms with Crippen LogP contribution in [0.25, 0.3) is 0 Å². The standard InChI is InChI=1S/C21H24ClN3O3/c1-16-5-4-7-18(13-16)23-21(27)25-11-9-24(10-12-25)20(26)15-28-14-17-6-2-3-8-19(17)22/h2-8,13H,9-12,14-15H2,1H3,(H,23,27). The van der Waals surface area contributed by atoms with E-state index in [1.165, 1.54) is 0 Å². The number of hydrogen-bond acceptors (Lipinski definition) is 3. The van der Waals surface area contributed by atoms with Gasteiger partial charge in [-0.2, -0.15) is 0 Å².